The minimum absolute atomic E-state index is 0.227. The van der Waals surface area contributed by atoms with Gasteiger partial charge in [-0.15, -0.1) is 0 Å². The second kappa shape index (κ2) is 16.9. The summed E-state index contributed by atoms with van der Waals surface area (Å²) in [6.07, 6.45) is 4.80. The van der Waals surface area contributed by atoms with E-state index in [1.165, 1.54) is 0 Å². The van der Waals surface area contributed by atoms with E-state index in [0.717, 1.165) is 36.8 Å². The highest BCUT2D eigenvalue weighted by Crippen LogP contribution is 2.23. The Bertz CT molecular complexity index is 420. The summed E-state index contributed by atoms with van der Waals surface area (Å²) in [5, 5.41) is 19.6. The molecule has 0 radical (unpaired) electrons. The van der Waals surface area contributed by atoms with Crippen molar-refractivity contribution in [3.8, 4) is 0 Å². The molecule has 5 nitrogen and oxygen atoms in total. The fourth-order valence-electron chi connectivity index (χ4n) is 2.80. The molecule has 0 bridgehead atoms. The van der Waals surface area contributed by atoms with Gasteiger partial charge in [-0.25, -0.2) is 0 Å². The first-order valence-electron chi connectivity index (χ1n) is 10.3. The smallest absolute Gasteiger partial charge is 0.161 e. The van der Waals surface area contributed by atoms with Gasteiger partial charge in [0.2, 0.25) is 0 Å². The molecule has 172 valence electrons. The molecule has 0 aromatic carbocycles. The number of methoxy groups -OCH3 is 2. The summed E-state index contributed by atoms with van der Waals surface area (Å²) in [4.78, 5) is 0.455. The molecule has 2 N–H and O–H groups in total. The number of halogens is 2. The van der Waals surface area contributed by atoms with Crippen LogP contribution in [0.1, 0.15) is 65.2 Å². The number of rotatable bonds is 18. The molecule has 0 rings (SSSR count). The molecule has 0 amide bonds. The Hall–Kier alpha value is 0.240. The van der Waals surface area contributed by atoms with Gasteiger partial charge in [-0.05, 0) is 52.4 Å². The van der Waals surface area contributed by atoms with Crippen molar-refractivity contribution in [2.45, 2.75) is 99.7 Å². The summed E-state index contributed by atoms with van der Waals surface area (Å²) in [6.45, 7) is 11.2. The van der Waals surface area contributed by atoms with Crippen LogP contribution in [0.4, 0.5) is 0 Å². The normalized spacial score (nSPS) is 17.9. The van der Waals surface area contributed by atoms with Gasteiger partial charge in [-0.3, -0.25) is 0 Å². The summed E-state index contributed by atoms with van der Waals surface area (Å²) in [5.41, 5.74) is 1.60. The predicted octanol–water partition coefficient (Wildman–Crippen LogP) is 5.47. The molecular weight excluding hydrogens is 504 g/mol. The third-order valence-corrected chi connectivity index (χ3v) is 6.52. The van der Waals surface area contributed by atoms with E-state index in [1.807, 2.05) is 13.8 Å². The topological polar surface area (TPSA) is 68.2 Å². The van der Waals surface area contributed by atoms with E-state index in [-0.39, 0.29) is 22.2 Å². The predicted molar refractivity (Wildman–Crippen MR) is 127 cm³/mol. The highest BCUT2D eigenvalue weighted by molar-refractivity contribution is 9.09. The van der Waals surface area contributed by atoms with Gasteiger partial charge in [0.1, 0.15) is 0 Å². The van der Waals surface area contributed by atoms with Crippen LogP contribution in [0.15, 0.2) is 24.3 Å². The Kier molecular flexibility index (Phi) is 17.0. The SMILES string of the molecule is C=C(C)C(O)CCCC(Br)CC(OC)OC(CC(Br)CCCC(O)C(=C)C)OC. The minimum atomic E-state index is -0.436. The Morgan fingerprint density at radius 2 is 1.10 bits per heavy atom. The van der Waals surface area contributed by atoms with Gasteiger partial charge in [0.15, 0.2) is 12.6 Å². The highest BCUT2D eigenvalue weighted by atomic mass is 79.9. The number of aliphatic hydroxyl groups excluding tert-OH is 2. The largest absolute Gasteiger partial charge is 0.389 e. The van der Waals surface area contributed by atoms with Gasteiger partial charge >= 0.3 is 0 Å². The van der Waals surface area contributed by atoms with Crippen molar-refractivity contribution in [3.63, 3.8) is 0 Å². The monoisotopic (exact) mass is 542 g/mol. The average Bonchev–Trinajstić information content (AvgIpc) is 2.66. The van der Waals surface area contributed by atoms with Gasteiger partial charge in [0.05, 0.1) is 12.2 Å². The average molecular weight is 544 g/mol. The van der Waals surface area contributed by atoms with E-state index in [4.69, 9.17) is 14.2 Å². The van der Waals surface area contributed by atoms with Crippen LogP contribution in [0, 0.1) is 0 Å². The summed E-state index contributed by atoms with van der Waals surface area (Å²) in [6, 6.07) is 0. The molecule has 0 aromatic heterocycles. The molecule has 7 heteroatoms. The second-order valence-electron chi connectivity index (χ2n) is 7.72. The maximum absolute atomic E-state index is 9.82. The van der Waals surface area contributed by atoms with Gasteiger partial charge in [-0.2, -0.15) is 0 Å². The number of ether oxygens (including phenoxy) is 3. The fraction of sp³-hybridized carbons (Fsp3) is 0.818. The van der Waals surface area contributed by atoms with Crippen molar-refractivity contribution in [1.29, 1.82) is 0 Å². The minimum Gasteiger partial charge on any atom is -0.389 e. The number of hydrogen-bond acceptors (Lipinski definition) is 5. The molecule has 0 spiro atoms. The van der Waals surface area contributed by atoms with Crippen molar-refractivity contribution < 1.29 is 24.4 Å². The lowest BCUT2D eigenvalue weighted by molar-refractivity contribution is -0.232. The van der Waals surface area contributed by atoms with Gasteiger partial charge < -0.3 is 24.4 Å². The van der Waals surface area contributed by atoms with Gasteiger partial charge in [0, 0.05) is 36.7 Å². The molecule has 0 heterocycles. The van der Waals surface area contributed by atoms with Crippen LogP contribution in [0.5, 0.6) is 0 Å². The van der Waals surface area contributed by atoms with Gasteiger partial charge in [0.25, 0.3) is 0 Å². The van der Waals surface area contributed by atoms with E-state index in [2.05, 4.69) is 45.0 Å². The first-order chi connectivity index (χ1) is 13.6. The molecule has 6 atom stereocenters. The van der Waals surface area contributed by atoms with Crippen LogP contribution in [-0.2, 0) is 14.2 Å². The standard InChI is InChI=1S/C22H40Br2O5/c1-15(2)19(25)11-7-9-17(23)13-21(27-5)29-22(28-6)14-18(24)10-8-12-20(26)16(3)4/h17-22,25-26H,1,3,7-14H2,2,4-6H3. The highest BCUT2D eigenvalue weighted by Gasteiger charge is 2.22. The fourth-order valence-corrected chi connectivity index (χ4v) is 4.05. The van der Waals surface area contributed by atoms with Crippen LogP contribution >= 0.6 is 31.9 Å². The zero-order valence-corrected chi connectivity index (χ0v) is 21.6. The summed E-state index contributed by atoms with van der Waals surface area (Å²) >= 11 is 7.37. The van der Waals surface area contributed by atoms with Crippen molar-refractivity contribution in [2.24, 2.45) is 0 Å². The molecule has 0 saturated heterocycles. The molecular formula is C22H40Br2O5. The molecule has 0 aliphatic carbocycles. The molecule has 0 aliphatic heterocycles. The van der Waals surface area contributed by atoms with Crippen molar-refractivity contribution in [2.75, 3.05) is 14.2 Å². The Labute approximate surface area is 194 Å². The lowest BCUT2D eigenvalue weighted by atomic mass is 10.0. The molecule has 29 heavy (non-hydrogen) atoms. The summed E-state index contributed by atoms with van der Waals surface area (Å²) in [5.74, 6) is 0. The molecule has 0 fully saturated rings. The third-order valence-electron chi connectivity index (χ3n) is 4.85. The number of hydrogen-bond donors (Lipinski definition) is 2. The van der Waals surface area contributed by atoms with E-state index < -0.39 is 12.2 Å². The molecule has 0 aromatic rings. The van der Waals surface area contributed by atoms with Crippen molar-refractivity contribution in [3.05, 3.63) is 24.3 Å². The Morgan fingerprint density at radius 3 is 1.38 bits per heavy atom. The maximum atomic E-state index is 9.82. The number of aliphatic hydroxyl groups is 2. The van der Waals surface area contributed by atoms with Gasteiger partial charge in [-0.1, -0.05) is 56.2 Å². The van der Waals surface area contributed by atoms with E-state index in [0.29, 0.717) is 25.7 Å². The Balaban J connectivity index is 4.27. The maximum Gasteiger partial charge on any atom is 0.161 e. The summed E-state index contributed by atoms with van der Waals surface area (Å²) < 4.78 is 17.0. The zero-order chi connectivity index (χ0) is 22.4. The Morgan fingerprint density at radius 1 is 0.759 bits per heavy atom. The zero-order valence-electron chi connectivity index (χ0n) is 18.4. The first-order valence-corrected chi connectivity index (χ1v) is 12.1. The molecule has 6 unspecified atom stereocenters. The molecule has 0 aliphatic rings. The first kappa shape index (κ1) is 29.2. The lowest BCUT2D eigenvalue weighted by Gasteiger charge is -2.26. The summed E-state index contributed by atoms with van der Waals surface area (Å²) in [7, 11) is 3.26. The van der Waals surface area contributed by atoms with Crippen molar-refractivity contribution >= 4 is 31.9 Å². The van der Waals surface area contributed by atoms with Crippen LogP contribution in [0.2, 0.25) is 0 Å². The van der Waals surface area contributed by atoms with Crippen molar-refractivity contribution in [1.82, 2.24) is 0 Å². The number of alkyl halides is 2. The third kappa shape index (κ3) is 14.8. The van der Waals surface area contributed by atoms with Crippen LogP contribution < -0.4 is 0 Å². The van der Waals surface area contributed by atoms with E-state index in [1.54, 1.807) is 14.2 Å². The van der Waals surface area contributed by atoms with Crippen LogP contribution in [-0.4, -0.2) is 58.9 Å². The molecule has 0 saturated carbocycles. The van der Waals surface area contributed by atoms with Crippen LogP contribution in [0.3, 0.4) is 0 Å². The van der Waals surface area contributed by atoms with E-state index >= 15 is 0 Å². The van der Waals surface area contributed by atoms with E-state index in [9.17, 15) is 10.2 Å². The van der Waals surface area contributed by atoms with Crippen LogP contribution in [0.25, 0.3) is 0 Å². The quantitative estimate of drug-likeness (QED) is 0.136. The second-order valence-corrected chi connectivity index (χ2v) is 10.3. The lowest BCUT2D eigenvalue weighted by Crippen LogP contribution is -2.29.